The van der Waals surface area contributed by atoms with Crippen molar-refractivity contribution in [3.63, 3.8) is 0 Å². The lowest BCUT2D eigenvalue weighted by Crippen LogP contribution is -2.45. The van der Waals surface area contributed by atoms with Crippen molar-refractivity contribution in [3.05, 3.63) is 64.7 Å². The van der Waals surface area contributed by atoms with Gasteiger partial charge in [-0.3, -0.25) is 9.59 Å². The molecule has 0 radical (unpaired) electrons. The highest BCUT2D eigenvalue weighted by molar-refractivity contribution is 6.30. The zero-order valence-electron chi connectivity index (χ0n) is 22.5. The van der Waals surface area contributed by atoms with Gasteiger partial charge in [0, 0.05) is 30.6 Å². The minimum Gasteiger partial charge on any atom is -0.497 e. The molecule has 2 aromatic carbocycles. The van der Waals surface area contributed by atoms with Gasteiger partial charge in [0.2, 0.25) is 11.8 Å². The van der Waals surface area contributed by atoms with Crippen LogP contribution in [0.25, 0.3) is 0 Å². The lowest BCUT2D eigenvalue weighted by atomic mass is 9.77. The molecular weight excluding hydrogens is 498 g/mol. The van der Waals surface area contributed by atoms with Crippen LogP contribution in [0.3, 0.4) is 0 Å². The number of nitrogens with one attached hydrogen (secondary N) is 1. The van der Waals surface area contributed by atoms with Crippen LogP contribution < -0.4 is 10.1 Å². The Bertz CT molecular complexity index is 1090. The highest BCUT2D eigenvalue weighted by atomic mass is 35.5. The largest absolute Gasteiger partial charge is 0.497 e. The fourth-order valence-corrected chi connectivity index (χ4v) is 6.60. The van der Waals surface area contributed by atoms with Gasteiger partial charge in [0.15, 0.2) is 0 Å². The van der Waals surface area contributed by atoms with E-state index in [0.29, 0.717) is 17.5 Å². The van der Waals surface area contributed by atoms with Crippen molar-refractivity contribution >= 4 is 23.4 Å². The number of halogens is 1. The summed E-state index contributed by atoms with van der Waals surface area (Å²) in [6, 6.07) is 15.8. The van der Waals surface area contributed by atoms with Crippen molar-refractivity contribution in [2.24, 2.45) is 11.3 Å². The van der Waals surface area contributed by atoms with Gasteiger partial charge < -0.3 is 19.9 Å². The van der Waals surface area contributed by atoms with Gasteiger partial charge >= 0.3 is 0 Å². The minimum atomic E-state index is -0.213. The lowest BCUT2D eigenvalue weighted by molar-refractivity contribution is -0.139. The van der Waals surface area contributed by atoms with Gasteiger partial charge in [-0.25, -0.2) is 0 Å². The van der Waals surface area contributed by atoms with Gasteiger partial charge in [-0.2, -0.15) is 0 Å². The average Bonchev–Trinajstić information content (AvgIpc) is 3.59. The topological polar surface area (TPSA) is 61.9 Å². The molecule has 2 amide bonds. The van der Waals surface area contributed by atoms with Crippen LogP contribution in [-0.2, 0) is 16.1 Å². The summed E-state index contributed by atoms with van der Waals surface area (Å²) in [6.07, 6.45) is 7.90. The number of rotatable bonds is 9. The third-order valence-electron chi connectivity index (χ3n) is 9.00. The quantitative estimate of drug-likeness (QED) is 0.452. The maximum atomic E-state index is 13.5. The Morgan fingerprint density at radius 1 is 1.03 bits per heavy atom. The second-order valence-corrected chi connectivity index (χ2v) is 11.8. The molecule has 1 atom stereocenters. The van der Waals surface area contributed by atoms with Crippen LogP contribution in [0.5, 0.6) is 5.75 Å². The number of amides is 2. The molecule has 2 aliphatic heterocycles. The highest BCUT2D eigenvalue weighted by Gasteiger charge is 2.47. The van der Waals surface area contributed by atoms with Gasteiger partial charge in [0.25, 0.3) is 0 Å². The standard InChI is InChI=1S/C31H40ClN3O3/c1-38-27-12-6-23(7-13-27)22-35-21-17-31(30(35)37)15-19-34(20-16-31)18-14-28(24-8-10-26(32)11-9-24)33-29(36)25-4-2-3-5-25/h6-13,25,28H,2-5,14-22H2,1H3,(H,33,36). The van der Waals surface area contributed by atoms with E-state index in [9.17, 15) is 9.59 Å². The normalized spacial score (nSPS) is 20.7. The smallest absolute Gasteiger partial charge is 0.229 e. The van der Waals surface area contributed by atoms with E-state index in [4.69, 9.17) is 16.3 Å². The molecule has 1 aliphatic carbocycles. The molecule has 0 bridgehead atoms. The average molecular weight is 538 g/mol. The third kappa shape index (κ3) is 6.18. The molecule has 1 saturated carbocycles. The Labute approximate surface area is 231 Å². The van der Waals surface area contributed by atoms with Crippen LogP contribution in [0.2, 0.25) is 5.02 Å². The van der Waals surface area contributed by atoms with Crippen molar-refractivity contribution in [2.45, 2.75) is 64.0 Å². The number of likely N-dealkylation sites (tertiary alicyclic amines) is 2. The van der Waals surface area contributed by atoms with E-state index in [1.165, 1.54) is 0 Å². The molecule has 6 nitrogen and oxygen atoms in total. The van der Waals surface area contributed by atoms with E-state index in [2.05, 4.69) is 10.2 Å². The number of hydrogen-bond donors (Lipinski definition) is 1. The van der Waals surface area contributed by atoms with Crippen LogP contribution in [0.1, 0.15) is 68.5 Å². The fourth-order valence-electron chi connectivity index (χ4n) is 6.47. The van der Waals surface area contributed by atoms with Gasteiger partial charge in [0.05, 0.1) is 18.6 Å². The highest BCUT2D eigenvalue weighted by Crippen LogP contribution is 2.42. The molecule has 3 fully saturated rings. The zero-order chi connectivity index (χ0) is 26.5. The first-order valence-electron chi connectivity index (χ1n) is 14.2. The molecule has 2 aromatic rings. The summed E-state index contributed by atoms with van der Waals surface area (Å²) >= 11 is 6.13. The summed E-state index contributed by atoms with van der Waals surface area (Å²) < 4.78 is 5.26. The molecule has 2 heterocycles. The summed E-state index contributed by atoms with van der Waals surface area (Å²) in [6.45, 7) is 4.24. The first-order chi connectivity index (χ1) is 18.5. The Kier molecular flexibility index (Phi) is 8.59. The number of nitrogens with zero attached hydrogens (tertiary/aromatic N) is 2. The van der Waals surface area contributed by atoms with E-state index in [0.717, 1.165) is 94.4 Å². The SMILES string of the molecule is COc1ccc(CN2CCC3(CCN(CCC(NC(=O)C4CCCC4)c4ccc(Cl)cc4)CC3)C2=O)cc1. The van der Waals surface area contributed by atoms with Crippen molar-refractivity contribution in [2.75, 3.05) is 33.3 Å². The summed E-state index contributed by atoms with van der Waals surface area (Å²) in [5.74, 6) is 1.49. The summed E-state index contributed by atoms with van der Waals surface area (Å²) in [7, 11) is 1.67. The maximum Gasteiger partial charge on any atom is 0.229 e. The minimum absolute atomic E-state index is 0.0237. The van der Waals surface area contributed by atoms with E-state index in [-0.39, 0.29) is 23.3 Å². The molecule has 1 unspecified atom stereocenters. The van der Waals surface area contributed by atoms with Gasteiger partial charge in [0.1, 0.15) is 5.75 Å². The van der Waals surface area contributed by atoms with Crippen LogP contribution in [0.15, 0.2) is 48.5 Å². The Balaban J connectivity index is 1.15. The summed E-state index contributed by atoms with van der Waals surface area (Å²) in [5, 5.41) is 4.06. The van der Waals surface area contributed by atoms with E-state index >= 15 is 0 Å². The molecule has 1 spiro atoms. The van der Waals surface area contributed by atoms with Gasteiger partial charge in [-0.15, -0.1) is 0 Å². The monoisotopic (exact) mass is 537 g/mol. The number of hydrogen-bond acceptors (Lipinski definition) is 4. The van der Waals surface area contributed by atoms with Gasteiger partial charge in [-0.1, -0.05) is 48.7 Å². The zero-order valence-corrected chi connectivity index (χ0v) is 23.2. The maximum absolute atomic E-state index is 13.5. The first kappa shape index (κ1) is 27.0. The molecule has 0 aromatic heterocycles. The second kappa shape index (κ2) is 12.1. The van der Waals surface area contributed by atoms with E-state index in [1.54, 1.807) is 7.11 Å². The molecule has 1 N–H and O–H groups in total. The molecule has 2 saturated heterocycles. The summed E-state index contributed by atoms with van der Waals surface area (Å²) in [5.41, 5.74) is 2.03. The predicted molar refractivity (Wildman–Crippen MR) is 150 cm³/mol. The second-order valence-electron chi connectivity index (χ2n) is 11.3. The van der Waals surface area contributed by atoms with Crippen molar-refractivity contribution < 1.29 is 14.3 Å². The Hall–Kier alpha value is -2.57. The molecule has 3 aliphatic rings. The molecule has 204 valence electrons. The summed E-state index contributed by atoms with van der Waals surface area (Å²) in [4.78, 5) is 30.9. The van der Waals surface area contributed by atoms with Crippen LogP contribution in [0.4, 0.5) is 0 Å². The van der Waals surface area contributed by atoms with Crippen LogP contribution in [0, 0.1) is 11.3 Å². The van der Waals surface area contributed by atoms with E-state index < -0.39 is 0 Å². The fraction of sp³-hybridized carbons (Fsp3) is 0.548. The Morgan fingerprint density at radius 3 is 2.34 bits per heavy atom. The van der Waals surface area contributed by atoms with Gasteiger partial charge in [-0.05, 0) is 87.0 Å². The number of carbonyl (C=O) groups excluding carboxylic acids is 2. The lowest BCUT2D eigenvalue weighted by Gasteiger charge is -2.38. The first-order valence-corrected chi connectivity index (χ1v) is 14.5. The molecular formula is C31H40ClN3O3. The number of ether oxygens (including phenoxy) is 1. The molecule has 38 heavy (non-hydrogen) atoms. The number of piperidine rings is 1. The van der Waals surface area contributed by atoms with Crippen LogP contribution in [-0.4, -0.2) is 54.9 Å². The Morgan fingerprint density at radius 2 is 1.68 bits per heavy atom. The molecule has 5 rings (SSSR count). The molecule has 7 heteroatoms. The van der Waals surface area contributed by atoms with E-state index in [1.807, 2.05) is 53.4 Å². The number of carbonyl (C=O) groups is 2. The van der Waals surface area contributed by atoms with Crippen LogP contribution >= 0.6 is 11.6 Å². The van der Waals surface area contributed by atoms with Crippen molar-refractivity contribution in [1.82, 2.24) is 15.1 Å². The number of benzene rings is 2. The predicted octanol–water partition coefficient (Wildman–Crippen LogP) is 5.60. The van der Waals surface area contributed by atoms with Crippen molar-refractivity contribution in [1.29, 1.82) is 0 Å². The van der Waals surface area contributed by atoms with Crippen molar-refractivity contribution in [3.8, 4) is 5.75 Å². The number of methoxy groups -OCH3 is 1. The third-order valence-corrected chi connectivity index (χ3v) is 9.25.